The lowest BCUT2D eigenvalue weighted by atomic mass is 9.94. The maximum Gasteiger partial charge on any atom is 0.310 e. The van der Waals surface area contributed by atoms with Crippen molar-refractivity contribution in [2.24, 2.45) is 5.92 Å². The van der Waals surface area contributed by atoms with Gasteiger partial charge in [-0.2, -0.15) is 0 Å². The van der Waals surface area contributed by atoms with E-state index >= 15 is 0 Å². The monoisotopic (exact) mass is 293 g/mol. The molecule has 0 amide bonds. The molecule has 1 heterocycles. The third kappa shape index (κ3) is 3.42. The predicted octanol–water partition coefficient (Wildman–Crippen LogP) is 4.07. The summed E-state index contributed by atoms with van der Waals surface area (Å²) in [6.07, 6.45) is 9.86. The smallest absolute Gasteiger partial charge is 0.310 e. The van der Waals surface area contributed by atoms with Crippen LogP contribution in [0.3, 0.4) is 0 Å². The Labute approximate surface area is 130 Å². The van der Waals surface area contributed by atoms with Gasteiger partial charge in [0, 0.05) is 18.0 Å². The largest absolute Gasteiger partial charge is 0.452 e. The Balaban J connectivity index is 1.83. The average molecular weight is 293 g/mol. The molecule has 2 atom stereocenters. The van der Waals surface area contributed by atoms with Gasteiger partial charge in [-0.3, -0.25) is 9.78 Å². The Morgan fingerprint density at radius 3 is 2.45 bits per heavy atom. The van der Waals surface area contributed by atoms with E-state index in [9.17, 15) is 4.79 Å². The summed E-state index contributed by atoms with van der Waals surface area (Å²) < 4.78 is 5.86. The maximum atomic E-state index is 12.5. The zero-order valence-electron chi connectivity index (χ0n) is 12.4. The van der Waals surface area contributed by atoms with Gasteiger partial charge in [-0.1, -0.05) is 42.5 Å². The molecule has 1 aliphatic rings. The molecule has 3 heteroatoms. The first-order valence-corrected chi connectivity index (χ1v) is 7.65. The number of ether oxygens (including phenoxy) is 1. The van der Waals surface area contributed by atoms with Crippen molar-refractivity contribution in [1.82, 2.24) is 4.98 Å². The highest BCUT2D eigenvalue weighted by molar-refractivity contribution is 5.73. The van der Waals surface area contributed by atoms with E-state index in [2.05, 4.69) is 17.1 Å². The van der Waals surface area contributed by atoms with Crippen LogP contribution in [0.4, 0.5) is 0 Å². The molecule has 0 aliphatic heterocycles. The van der Waals surface area contributed by atoms with Crippen molar-refractivity contribution >= 4 is 5.97 Å². The van der Waals surface area contributed by atoms with E-state index < -0.39 is 0 Å². The standard InChI is InChI=1S/C19H19NO2/c21-19(17-9-5-2-6-10-17)22-18(15-7-3-1-4-8-15)16-11-13-20-14-12-16/h1-5,7-8,11-14,17-18H,6,9-10H2. The molecule has 1 aromatic carbocycles. The summed E-state index contributed by atoms with van der Waals surface area (Å²) in [5.74, 6) is -0.145. The van der Waals surface area contributed by atoms with Gasteiger partial charge in [0.1, 0.15) is 0 Å². The number of hydrogen-bond acceptors (Lipinski definition) is 3. The van der Waals surface area contributed by atoms with Gasteiger partial charge in [-0.25, -0.2) is 0 Å². The number of benzene rings is 1. The van der Waals surface area contributed by atoms with Crippen LogP contribution in [-0.2, 0) is 9.53 Å². The Kier molecular flexibility index (Phi) is 4.64. The van der Waals surface area contributed by atoms with Gasteiger partial charge in [-0.05, 0) is 37.0 Å². The van der Waals surface area contributed by atoms with Crippen LogP contribution < -0.4 is 0 Å². The molecule has 0 N–H and O–H groups in total. The molecule has 0 saturated carbocycles. The molecule has 1 aliphatic carbocycles. The molecule has 3 rings (SSSR count). The molecule has 2 unspecified atom stereocenters. The normalized spacial score (nSPS) is 18.6. The summed E-state index contributed by atoms with van der Waals surface area (Å²) in [5, 5.41) is 0. The minimum absolute atomic E-state index is 0.0296. The van der Waals surface area contributed by atoms with Crippen LogP contribution in [-0.4, -0.2) is 11.0 Å². The van der Waals surface area contributed by atoms with Crippen LogP contribution in [0.15, 0.2) is 67.0 Å². The SMILES string of the molecule is O=C(OC(c1ccccc1)c1ccncc1)C1CC=CCC1. The van der Waals surface area contributed by atoms with Crippen LogP contribution in [0.1, 0.15) is 36.5 Å². The number of nitrogens with zero attached hydrogens (tertiary/aromatic N) is 1. The molecule has 0 spiro atoms. The van der Waals surface area contributed by atoms with Crippen molar-refractivity contribution in [3.05, 3.63) is 78.1 Å². The van der Waals surface area contributed by atoms with Gasteiger partial charge in [0.05, 0.1) is 5.92 Å². The number of pyridine rings is 1. The summed E-state index contributed by atoms with van der Waals surface area (Å²) in [6, 6.07) is 13.6. The molecule has 0 fully saturated rings. The van der Waals surface area contributed by atoms with Crippen molar-refractivity contribution in [3.8, 4) is 0 Å². The van der Waals surface area contributed by atoms with Crippen molar-refractivity contribution < 1.29 is 9.53 Å². The summed E-state index contributed by atoms with van der Waals surface area (Å²) in [7, 11) is 0. The van der Waals surface area contributed by atoms with Crippen molar-refractivity contribution in [2.75, 3.05) is 0 Å². The minimum atomic E-state index is -0.373. The fraction of sp³-hybridized carbons (Fsp3) is 0.263. The molecule has 2 aromatic rings. The lowest BCUT2D eigenvalue weighted by molar-refractivity contribution is -0.152. The van der Waals surface area contributed by atoms with E-state index in [4.69, 9.17) is 4.74 Å². The number of rotatable bonds is 4. The third-order valence-electron chi connectivity index (χ3n) is 3.95. The molecular weight excluding hydrogens is 274 g/mol. The van der Waals surface area contributed by atoms with Crippen LogP contribution in [0.2, 0.25) is 0 Å². The topological polar surface area (TPSA) is 39.2 Å². The van der Waals surface area contributed by atoms with E-state index in [1.165, 1.54) is 0 Å². The molecule has 112 valence electrons. The van der Waals surface area contributed by atoms with Crippen molar-refractivity contribution in [2.45, 2.75) is 25.4 Å². The highest BCUT2D eigenvalue weighted by atomic mass is 16.5. The third-order valence-corrected chi connectivity index (χ3v) is 3.95. The second-order valence-electron chi connectivity index (χ2n) is 5.49. The number of allylic oxidation sites excluding steroid dienone is 2. The van der Waals surface area contributed by atoms with Gasteiger partial charge in [0.2, 0.25) is 0 Å². The van der Waals surface area contributed by atoms with E-state index in [1.54, 1.807) is 12.4 Å². The lowest BCUT2D eigenvalue weighted by Crippen LogP contribution is -2.21. The quantitative estimate of drug-likeness (QED) is 0.630. The number of carbonyl (C=O) groups excluding carboxylic acids is 1. The first-order chi connectivity index (χ1) is 10.8. The molecule has 0 saturated heterocycles. The average Bonchev–Trinajstić information content (AvgIpc) is 2.62. The van der Waals surface area contributed by atoms with Crippen LogP contribution in [0, 0.1) is 5.92 Å². The van der Waals surface area contributed by atoms with Crippen molar-refractivity contribution in [1.29, 1.82) is 0 Å². The first-order valence-electron chi connectivity index (χ1n) is 7.65. The summed E-state index contributed by atoms with van der Waals surface area (Å²) in [5.41, 5.74) is 1.93. The Morgan fingerprint density at radius 1 is 1.05 bits per heavy atom. The molecular formula is C19H19NO2. The Hall–Kier alpha value is -2.42. The number of carbonyl (C=O) groups is 1. The maximum absolute atomic E-state index is 12.5. The van der Waals surface area contributed by atoms with E-state index in [0.717, 1.165) is 30.4 Å². The van der Waals surface area contributed by atoms with Gasteiger partial charge in [0.15, 0.2) is 6.10 Å². The molecule has 1 aromatic heterocycles. The Morgan fingerprint density at radius 2 is 1.77 bits per heavy atom. The number of esters is 1. The van der Waals surface area contributed by atoms with Gasteiger partial charge < -0.3 is 4.74 Å². The first kappa shape index (κ1) is 14.5. The number of hydrogen-bond donors (Lipinski definition) is 0. The van der Waals surface area contributed by atoms with E-state index in [0.29, 0.717) is 0 Å². The summed E-state index contributed by atoms with van der Waals surface area (Å²) in [6.45, 7) is 0. The second kappa shape index (κ2) is 7.03. The van der Waals surface area contributed by atoms with E-state index in [1.807, 2.05) is 42.5 Å². The zero-order valence-corrected chi connectivity index (χ0v) is 12.4. The van der Waals surface area contributed by atoms with E-state index in [-0.39, 0.29) is 18.0 Å². The molecule has 22 heavy (non-hydrogen) atoms. The summed E-state index contributed by atoms with van der Waals surface area (Å²) >= 11 is 0. The van der Waals surface area contributed by atoms with Crippen LogP contribution in [0.5, 0.6) is 0 Å². The predicted molar refractivity (Wildman–Crippen MR) is 85.1 cm³/mol. The number of aromatic nitrogens is 1. The fourth-order valence-corrected chi connectivity index (χ4v) is 2.71. The van der Waals surface area contributed by atoms with Crippen LogP contribution in [0.25, 0.3) is 0 Å². The van der Waals surface area contributed by atoms with Gasteiger partial charge >= 0.3 is 5.97 Å². The summed E-state index contributed by atoms with van der Waals surface area (Å²) in [4.78, 5) is 16.5. The second-order valence-corrected chi connectivity index (χ2v) is 5.49. The Bertz CT molecular complexity index is 597. The molecule has 0 bridgehead atoms. The van der Waals surface area contributed by atoms with Crippen LogP contribution >= 0.6 is 0 Å². The minimum Gasteiger partial charge on any atom is -0.452 e. The molecule has 3 nitrogen and oxygen atoms in total. The highest BCUT2D eigenvalue weighted by Crippen LogP contribution is 2.29. The lowest BCUT2D eigenvalue weighted by Gasteiger charge is -2.23. The zero-order chi connectivity index (χ0) is 15.2. The fourth-order valence-electron chi connectivity index (χ4n) is 2.71. The highest BCUT2D eigenvalue weighted by Gasteiger charge is 2.25. The van der Waals surface area contributed by atoms with Gasteiger partial charge in [-0.15, -0.1) is 0 Å². The van der Waals surface area contributed by atoms with Gasteiger partial charge in [0.25, 0.3) is 0 Å². The van der Waals surface area contributed by atoms with Crippen molar-refractivity contribution in [3.63, 3.8) is 0 Å². The molecule has 0 radical (unpaired) electrons.